The smallest absolute Gasteiger partial charge is 0.298 e. The van der Waals surface area contributed by atoms with E-state index in [0.717, 1.165) is 12.3 Å². The van der Waals surface area contributed by atoms with Gasteiger partial charge in [-0.15, -0.1) is 0 Å². The van der Waals surface area contributed by atoms with Crippen molar-refractivity contribution in [2.75, 3.05) is 0 Å². The first-order chi connectivity index (χ1) is 13.2. The Morgan fingerprint density at radius 2 is 1.93 bits per heavy atom. The van der Waals surface area contributed by atoms with Crippen molar-refractivity contribution in [1.82, 2.24) is 14.5 Å². The number of fused-ring (bicyclic) bond motifs is 1. The number of alkyl halides is 3. The van der Waals surface area contributed by atoms with E-state index in [4.69, 9.17) is 0 Å². The Bertz CT molecular complexity index is 1190. The van der Waals surface area contributed by atoms with E-state index >= 15 is 0 Å². The van der Waals surface area contributed by atoms with Gasteiger partial charge in [-0.2, -0.15) is 18.4 Å². The molecule has 4 rings (SSSR count). The molecule has 28 heavy (non-hydrogen) atoms. The number of pyridine rings is 3. The zero-order chi connectivity index (χ0) is 20.1. The van der Waals surface area contributed by atoms with Gasteiger partial charge in [0.05, 0.1) is 28.9 Å². The molecule has 0 amide bonds. The standard InChI is InChI=1S/C19H12F4N4O/c20-13-6-12(18(9-24)3-4-18)7-26-17(13)14-5-11-1-2-16(28)27(10-19(21,22)23)15(11)8-25-14/h1-2,5-8H,3-4,10H2. The lowest BCUT2D eigenvalue weighted by atomic mass is 9.99. The van der Waals surface area contributed by atoms with Gasteiger partial charge in [0.2, 0.25) is 0 Å². The second kappa shape index (κ2) is 6.12. The van der Waals surface area contributed by atoms with E-state index in [1.807, 2.05) is 0 Å². The molecule has 1 aliphatic rings. The van der Waals surface area contributed by atoms with Crippen LogP contribution in [0, 0.1) is 17.1 Å². The quantitative estimate of drug-likeness (QED) is 0.642. The lowest BCUT2D eigenvalue weighted by Crippen LogP contribution is -2.27. The number of hydrogen-bond donors (Lipinski definition) is 0. The summed E-state index contributed by atoms with van der Waals surface area (Å²) in [6, 6.07) is 7.17. The minimum absolute atomic E-state index is 0.00739. The van der Waals surface area contributed by atoms with E-state index in [1.165, 1.54) is 24.4 Å². The van der Waals surface area contributed by atoms with Gasteiger partial charge in [-0.1, -0.05) is 0 Å². The Hall–Kier alpha value is -3.28. The largest absolute Gasteiger partial charge is 0.406 e. The molecule has 0 N–H and O–H groups in total. The van der Waals surface area contributed by atoms with Crippen LogP contribution in [0.2, 0.25) is 0 Å². The molecule has 0 radical (unpaired) electrons. The molecule has 3 aromatic heterocycles. The van der Waals surface area contributed by atoms with E-state index in [1.54, 1.807) is 0 Å². The zero-order valence-corrected chi connectivity index (χ0v) is 14.3. The van der Waals surface area contributed by atoms with Crippen molar-refractivity contribution in [3.05, 3.63) is 58.4 Å². The van der Waals surface area contributed by atoms with E-state index in [9.17, 15) is 27.6 Å². The van der Waals surface area contributed by atoms with Crippen LogP contribution in [0.25, 0.3) is 22.3 Å². The highest BCUT2D eigenvalue weighted by molar-refractivity contribution is 5.82. The first-order valence-corrected chi connectivity index (χ1v) is 8.36. The summed E-state index contributed by atoms with van der Waals surface area (Å²) in [5, 5.41) is 9.51. The summed E-state index contributed by atoms with van der Waals surface area (Å²) in [6.45, 7) is -1.44. The molecule has 5 nitrogen and oxygen atoms in total. The second-order valence-electron chi connectivity index (χ2n) is 6.75. The number of nitrogens with zero attached hydrogens (tertiary/aromatic N) is 4. The van der Waals surface area contributed by atoms with Crippen LogP contribution < -0.4 is 5.56 Å². The molecule has 0 saturated heterocycles. The molecule has 0 aliphatic heterocycles. The summed E-state index contributed by atoms with van der Waals surface area (Å²) >= 11 is 0. The molecule has 0 bridgehead atoms. The van der Waals surface area contributed by atoms with Crippen molar-refractivity contribution >= 4 is 10.9 Å². The van der Waals surface area contributed by atoms with Crippen molar-refractivity contribution in [2.24, 2.45) is 0 Å². The fraction of sp³-hybridized carbons (Fsp3) is 0.263. The van der Waals surface area contributed by atoms with Crippen LogP contribution in [0.4, 0.5) is 17.6 Å². The molecule has 3 heterocycles. The summed E-state index contributed by atoms with van der Waals surface area (Å²) in [4.78, 5) is 19.9. The third-order valence-electron chi connectivity index (χ3n) is 4.81. The van der Waals surface area contributed by atoms with Gasteiger partial charge in [-0.25, -0.2) is 4.39 Å². The van der Waals surface area contributed by atoms with Gasteiger partial charge < -0.3 is 0 Å². The van der Waals surface area contributed by atoms with Crippen molar-refractivity contribution in [1.29, 1.82) is 5.26 Å². The Morgan fingerprint density at radius 1 is 1.18 bits per heavy atom. The van der Waals surface area contributed by atoms with Crippen molar-refractivity contribution in [3.63, 3.8) is 0 Å². The first-order valence-electron chi connectivity index (χ1n) is 8.36. The van der Waals surface area contributed by atoms with E-state index in [2.05, 4.69) is 16.0 Å². The van der Waals surface area contributed by atoms with Crippen molar-refractivity contribution in [3.8, 4) is 17.5 Å². The molecule has 3 aromatic rings. The molecule has 0 spiro atoms. The van der Waals surface area contributed by atoms with E-state index in [0.29, 0.717) is 28.4 Å². The monoisotopic (exact) mass is 388 g/mol. The average molecular weight is 388 g/mol. The topological polar surface area (TPSA) is 71.6 Å². The van der Waals surface area contributed by atoms with Gasteiger partial charge in [0.15, 0.2) is 5.82 Å². The number of nitriles is 1. The third-order valence-corrected chi connectivity index (χ3v) is 4.81. The maximum atomic E-state index is 14.6. The van der Waals surface area contributed by atoms with E-state index < -0.39 is 29.5 Å². The normalized spacial score (nSPS) is 15.4. The van der Waals surface area contributed by atoms with Crippen LogP contribution in [0.1, 0.15) is 18.4 Å². The highest BCUT2D eigenvalue weighted by Gasteiger charge is 2.45. The van der Waals surface area contributed by atoms with Crippen LogP contribution >= 0.6 is 0 Å². The fourth-order valence-corrected chi connectivity index (χ4v) is 3.14. The molecule has 1 fully saturated rings. The fourth-order valence-electron chi connectivity index (χ4n) is 3.14. The summed E-state index contributed by atoms with van der Waals surface area (Å²) in [7, 11) is 0. The molecular weight excluding hydrogens is 376 g/mol. The van der Waals surface area contributed by atoms with Crippen LogP contribution in [0.5, 0.6) is 0 Å². The maximum Gasteiger partial charge on any atom is 0.406 e. The predicted octanol–water partition coefficient (Wildman–Crippen LogP) is 3.72. The number of aromatic nitrogens is 3. The molecule has 0 unspecified atom stereocenters. The SMILES string of the molecule is N#CC1(c2cnc(-c3cc4ccc(=O)n(CC(F)(F)F)c4cn3)c(F)c2)CC1. The van der Waals surface area contributed by atoms with Crippen LogP contribution in [0.15, 0.2) is 41.5 Å². The van der Waals surface area contributed by atoms with Gasteiger partial charge >= 0.3 is 6.18 Å². The lowest BCUT2D eigenvalue weighted by Gasteiger charge is -2.13. The van der Waals surface area contributed by atoms with Gasteiger partial charge in [-0.3, -0.25) is 19.3 Å². The van der Waals surface area contributed by atoms with E-state index in [-0.39, 0.29) is 16.9 Å². The van der Waals surface area contributed by atoms with Gasteiger partial charge in [0, 0.05) is 17.6 Å². The average Bonchev–Trinajstić information content (AvgIpc) is 3.44. The maximum absolute atomic E-state index is 14.6. The van der Waals surface area contributed by atoms with Gasteiger partial charge in [0.1, 0.15) is 12.2 Å². The minimum atomic E-state index is -4.57. The molecule has 9 heteroatoms. The van der Waals surface area contributed by atoms with Gasteiger partial charge in [0.25, 0.3) is 5.56 Å². The second-order valence-corrected chi connectivity index (χ2v) is 6.75. The Balaban J connectivity index is 1.78. The Labute approximate surface area is 155 Å². The van der Waals surface area contributed by atoms with Crippen LogP contribution in [0.3, 0.4) is 0 Å². The number of halogens is 4. The predicted molar refractivity (Wildman–Crippen MR) is 91.8 cm³/mol. The third kappa shape index (κ3) is 3.11. The number of rotatable bonds is 3. The molecule has 1 saturated carbocycles. The summed E-state index contributed by atoms with van der Waals surface area (Å²) in [5.74, 6) is -0.672. The first kappa shape index (κ1) is 18.1. The van der Waals surface area contributed by atoms with Crippen molar-refractivity contribution < 1.29 is 17.6 Å². The van der Waals surface area contributed by atoms with Crippen molar-refractivity contribution in [2.45, 2.75) is 31.0 Å². The molecule has 142 valence electrons. The minimum Gasteiger partial charge on any atom is -0.298 e. The van der Waals surface area contributed by atoms with Gasteiger partial charge in [-0.05, 0) is 36.6 Å². The van der Waals surface area contributed by atoms with Crippen LogP contribution in [-0.4, -0.2) is 20.7 Å². The molecule has 0 atom stereocenters. The number of hydrogen-bond acceptors (Lipinski definition) is 4. The summed E-state index contributed by atoms with van der Waals surface area (Å²) in [5.41, 5.74) is -0.956. The molecule has 0 aromatic carbocycles. The Morgan fingerprint density at radius 3 is 2.54 bits per heavy atom. The molecule has 1 aliphatic carbocycles. The highest BCUT2D eigenvalue weighted by Crippen LogP contribution is 2.47. The van der Waals surface area contributed by atoms with Crippen LogP contribution in [-0.2, 0) is 12.0 Å². The Kier molecular flexibility index (Phi) is 3.96. The molecular formula is C19H12F4N4O. The zero-order valence-electron chi connectivity index (χ0n) is 14.3. The summed E-state index contributed by atoms with van der Waals surface area (Å²) in [6.07, 6.45) is -0.751. The highest BCUT2D eigenvalue weighted by atomic mass is 19.4. The lowest BCUT2D eigenvalue weighted by molar-refractivity contribution is -0.140. The summed E-state index contributed by atoms with van der Waals surface area (Å²) < 4.78 is 53.4.